The fraction of sp³-hybridized carbons (Fsp3) is 0.300. The van der Waals surface area contributed by atoms with Gasteiger partial charge in [-0.15, -0.1) is 0 Å². The van der Waals surface area contributed by atoms with E-state index >= 15 is 0 Å². The molecule has 1 atom stereocenters. The van der Waals surface area contributed by atoms with Crippen molar-refractivity contribution in [2.75, 3.05) is 11.4 Å². The summed E-state index contributed by atoms with van der Waals surface area (Å²) in [5.41, 5.74) is 0.809. The van der Waals surface area contributed by atoms with E-state index in [1.807, 2.05) is 12.1 Å². The molecule has 1 aromatic rings. The van der Waals surface area contributed by atoms with Gasteiger partial charge in [-0.25, -0.2) is 0 Å². The molecule has 0 aromatic heterocycles. The van der Waals surface area contributed by atoms with Gasteiger partial charge in [0.1, 0.15) is 6.10 Å². The van der Waals surface area contributed by atoms with Crippen molar-refractivity contribution < 1.29 is 9.90 Å². The molecular weight excluding hydrogens is 166 g/mol. The average molecular weight is 176 g/mol. The summed E-state index contributed by atoms with van der Waals surface area (Å²) in [6.07, 6.45) is -0.298. The lowest BCUT2D eigenvalue weighted by Gasteiger charge is -2.14. The van der Waals surface area contributed by atoms with Crippen molar-refractivity contribution in [3.05, 3.63) is 30.3 Å². The van der Waals surface area contributed by atoms with Gasteiger partial charge in [0.15, 0.2) is 0 Å². The van der Waals surface area contributed by atoms with Gasteiger partial charge in [-0.05, 0) is 18.2 Å². The van der Waals surface area contributed by atoms with Gasteiger partial charge in [-0.1, -0.05) is 12.1 Å². The SMILES string of the molecule is O=C1C(O)CCN1c1c[c]ccc1. The van der Waals surface area contributed by atoms with E-state index in [9.17, 15) is 9.90 Å². The first kappa shape index (κ1) is 8.26. The standard InChI is InChI=1S/C10H10NO2/c12-9-6-7-11(10(9)13)8-4-2-1-3-5-8/h1-2,4-5,9,12H,6-7H2. The molecule has 1 aliphatic heterocycles. The minimum Gasteiger partial charge on any atom is -0.383 e. The van der Waals surface area contributed by atoms with E-state index < -0.39 is 6.10 Å². The number of carbonyl (C=O) groups excluding carboxylic acids is 1. The van der Waals surface area contributed by atoms with Crippen molar-refractivity contribution >= 4 is 11.6 Å². The smallest absolute Gasteiger partial charge is 0.255 e. The predicted octanol–water partition coefficient (Wildman–Crippen LogP) is 0.584. The van der Waals surface area contributed by atoms with Crippen LogP contribution in [-0.2, 0) is 4.79 Å². The lowest BCUT2D eigenvalue weighted by atomic mass is 10.3. The van der Waals surface area contributed by atoms with Gasteiger partial charge in [-0.3, -0.25) is 4.79 Å². The van der Waals surface area contributed by atoms with Crippen LogP contribution < -0.4 is 4.90 Å². The molecule has 2 rings (SSSR count). The van der Waals surface area contributed by atoms with Crippen molar-refractivity contribution in [3.8, 4) is 0 Å². The zero-order chi connectivity index (χ0) is 9.26. The molecule has 67 valence electrons. The van der Waals surface area contributed by atoms with Crippen molar-refractivity contribution in [1.82, 2.24) is 0 Å². The monoisotopic (exact) mass is 176 g/mol. The molecule has 0 saturated carbocycles. The molecule has 1 fully saturated rings. The Morgan fingerprint density at radius 3 is 3.00 bits per heavy atom. The molecule has 13 heavy (non-hydrogen) atoms. The molecule has 3 nitrogen and oxygen atoms in total. The Hall–Kier alpha value is -1.35. The van der Waals surface area contributed by atoms with Gasteiger partial charge in [0.25, 0.3) is 5.91 Å². The van der Waals surface area contributed by atoms with Crippen LogP contribution in [0.2, 0.25) is 0 Å². The highest BCUT2D eigenvalue weighted by atomic mass is 16.3. The molecule has 1 heterocycles. The highest BCUT2D eigenvalue weighted by Crippen LogP contribution is 2.20. The molecular formula is C10H10NO2. The van der Waals surface area contributed by atoms with E-state index in [-0.39, 0.29) is 5.91 Å². The van der Waals surface area contributed by atoms with Crippen LogP contribution in [0.1, 0.15) is 6.42 Å². The van der Waals surface area contributed by atoms with E-state index in [1.54, 1.807) is 17.0 Å². The Morgan fingerprint density at radius 1 is 1.62 bits per heavy atom. The Bertz CT molecular complexity index is 310. The summed E-state index contributed by atoms with van der Waals surface area (Å²) >= 11 is 0. The number of hydrogen-bond acceptors (Lipinski definition) is 2. The first-order chi connectivity index (χ1) is 6.29. The van der Waals surface area contributed by atoms with Gasteiger partial charge in [0, 0.05) is 18.7 Å². The van der Waals surface area contributed by atoms with Crippen LogP contribution in [0, 0.1) is 6.07 Å². The normalized spacial score (nSPS) is 22.4. The predicted molar refractivity (Wildman–Crippen MR) is 48.3 cm³/mol. The summed E-state index contributed by atoms with van der Waals surface area (Å²) in [7, 11) is 0. The lowest BCUT2D eigenvalue weighted by molar-refractivity contribution is -0.123. The molecule has 1 aromatic carbocycles. The molecule has 1 aliphatic rings. The van der Waals surface area contributed by atoms with Gasteiger partial charge < -0.3 is 10.0 Å². The topological polar surface area (TPSA) is 40.5 Å². The summed E-state index contributed by atoms with van der Waals surface area (Å²) < 4.78 is 0. The second-order valence-electron chi connectivity index (χ2n) is 3.06. The molecule has 1 unspecified atom stereocenters. The molecule has 0 aliphatic carbocycles. The maximum Gasteiger partial charge on any atom is 0.255 e. The maximum atomic E-state index is 11.4. The maximum absolute atomic E-state index is 11.4. The van der Waals surface area contributed by atoms with Crippen molar-refractivity contribution in [1.29, 1.82) is 0 Å². The zero-order valence-corrected chi connectivity index (χ0v) is 7.10. The van der Waals surface area contributed by atoms with Crippen LogP contribution in [-0.4, -0.2) is 23.7 Å². The zero-order valence-electron chi connectivity index (χ0n) is 7.10. The minimum atomic E-state index is -0.819. The second kappa shape index (κ2) is 3.18. The number of nitrogens with zero attached hydrogens (tertiary/aromatic N) is 1. The number of rotatable bonds is 1. The van der Waals surface area contributed by atoms with Gasteiger partial charge in [0.05, 0.1) is 0 Å². The Kier molecular flexibility index (Phi) is 2.02. The number of anilines is 1. The second-order valence-corrected chi connectivity index (χ2v) is 3.06. The van der Waals surface area contributed by atoms with Crippen LogP contribution in [0.5, 0.6) is 0 Å². The highest BCUT2D eigenvalue weighted by molar-refractivity contribution is 5.98. The number of carbonyl (C=O) groups is 1. The molecule has 0 bridgehead atoms. The van der Waals surface area contributed by atoms with E-state index in [2.05, 4.69) is 6.07 Å². The summed E-state index contributed by atoms with van der Waals surface area (Å²) in [5, 5.41) is 9.23. The quantitative estimate of drug-likeness (QED) is 0.680. The van der Waals surface area contributed by atoms with Crippen molar-refractivity contribution in [3.63, 3.8) is 0 Å². The van der Waals surface area contributed by atoms with Crippen LogP contribution in [0.15, 0.2) is 24.3 Å². The molecule has 3 heteroatoms. The number of aliphatic hydroxyl groups is 1. The molecule has 1 saturated heterocycles. The molecule has 1 amide bonds. The van der Waals surface area contributed by atoms with Gasteiger partial charge in [0.2, 0.25) is 0 Å². The summed E-state index contributed by atoms with van der Waals surface area (Å²) in [6.45, 7) is 0.595. The fourth-order valence-electron chi connectivity index (χ4n) is 1.47. The molecule has 1 radical (unpaired) electrons. The first-order valence-electron chi connectivity index (χ1n) is 4.24. The van der Waals surface area contributed by atoms with Gasteiger partial charge in [-0.2, -0.15) is 0 Å². The third-order valence-electron chi connectivity index (χ3n) is 2.18. The van der Waals surface area contributed by atoms with Crippen LogP contribution >= 0.6 is 0 Å². The summed E-state index contributed by atoms with van der Waals surface area (Å²) in [5.74, 6) is -0.209. The van der Waals surface area contributed by atoms with Gasteiger partial charge >= 0.3 is 0 Å². The molecule has 1 N–H and O–H groups in total. The van der Waals surface area contributed by atoms with Crippen LogP contribution in [0.25, 0.3) is 0 Å². The molecule has 0 spiro atoms. The van der Waals surface area contributed by atoms with Crippen LogP contribution in [0.3, 0.4) is 0 Å². The third kappa shape index (κ3) is 1.42. The lowest BCUT2D eigenvalue weighted by Crippen LogP contribution is -2.28. The highest BCUT2D eigenvalue weighted by Gasteiger charge is 2.30. The number of amides is 1. The first-order valence-corrected chi connectivity index (χ1v) is 4.24. The number of benzene rings is 1. The van der Waals surface area contributed by atoms with Crippen molar-refractivity contribution in [2.24, 2.45) is 0 Å². The Morgan fingerprint density at radius 2 is 2.46 bits per heavy atom. The van der Waals surface area contributed by atoms with Crippen LogP contribution in [0.4, 0.5) is 5.69 Å². The summed E-state index contributed by atoms with van der Waals surface area (Å²) in [6, 6.07) is 10.1. The van der Waals surface area contributed by atoms with E-state index in [4.69, 9.17) is 0 Å². The Balaban J connectivity index is 2.24. The number of hydrogen-bond donors (Lipinski definition) is 1. The fourth-order valence-corrected chi connectivity index (χ4v) is 1.47. The largest absolute Gasteiger partial charge is 0.383 e. The summed E-state index contributed by atoms with van der Waals surface area (Å²) in [4.78, 5) is 13.0. The van der Waals surface area contributed by atoms with E-state index in [0.29, 0.717) is 13.0 Å². The van der Waals surface area contributed by atoms with E-state index in [0.717, 1.165) is 5.69 Å². The van der Waals surface area contributed by atoms with Crippen molar-refractivity contribution in [2.45, 2.75) is 12.5 Å². The average Bonchev–Trinajstić information content (AvgIpc) is 2.49. The number of aliphatic hydroxyl groups excluding tert-OH is 1. The third-order valence-corrected chi connectivity index (χ3v) is 2.18. The Labute approximate surface area is 76.6 Å². The van der Waals surface area contributed by atoms with E-state index in [1.165, 1.54) is 0 Å². The minimum absolute atomic E-state index is 0.209.